The minimum absolute atomic E-state index is 0.535. The van der Waals surface area contributed by atoms with Crippen molar-refractivity contribution in [2.75, 3.05) is 30.3 Å². The van der Waals surface area contributed by atoms with Gasteiger partial charge in [-0.1, -0.05) is 13.3 Å². The van der Waals surface area contributed by atoms with E-state index in [0.29, 0.717) is 12.4 Å². The maximum Gasteiger partial charge on any atom is 0.197 e. The third kappa shape index (κ3) is 2.88. The van der Waals surface area contributed by atoms with Gasteiger partial charge in [-0.3, -0.25) is 0 Å². The van der Waals surface area contributed by atoms with Crippen molar-refractivity contribution >= 4 is 22.4 Å². The van der Waals surface area contributed by atoms with Crippen molar-refractivity contribution in [1.82, 2.24) is 4.37 Å². The number of hydrogen-bond donors (Lipinski definition) is 1. The summed E-state index contributed by atoms with van der Waals surface area (Å²) in [6.07, 6.45) is 5.14. The molecule has 0 aliphatic carbocycles. The lowest BCUT2D eigenvalue weighted by Gasteiger charge is -2.21. The lowest BCUT2D eigenvalue weighted by molar-refractivity contribution is 0.343. The maximum atomic E-state index is 5.87. The van der Waals surface area contributed by atoms with Crippen LogP contribution in [0.3, 0.4) is 0 Å². The van der Waals surface area contributed by atoms with Gasteiger partial charge in [0.15, 0.2) is 16.6 Å². The van der Waals surface area contributed by atoms with E-state index >= 15 is 0 Å². The largest absolute Gasteiger partial charge is 0.487 e. The van der Waals surface area contributed by atoms with Gasteiger partial charge in [0.05, 0.1) is 6.61 Å². The minimum Gasteiger partial charge on any atom is -0.487 e. The molecule has 102 valence electrons. The van der Waals surface area contributed by atoms with Gasteiger partial charge in [0.2, 0.25) is 0 Å². The Labute approximate surface area is 113 Å². The van der Waals surface area contributed by atoms with Gasteiger partial charge in [-0.05, 0) is 43.6 Å². The van der Waals surface area contributed by atoms with Crippen LogP contribution in [0.1, 0.15) is 39.5 Å². The van der Waals surface area contributed by atoms with Crippen LogP contribution in [-0.4, -0.2) is 24.1 Å². The number of nitrogens with zero attached hydrogens (tertiary/aromatic N) is 2. The Kier molecular flexibility index (Phi) is 4.69. The number of ether oxygens (including phenoxy) is 1. The monoisotopic (exact) mass is 269 g/mol. The van der Waals surface area contributed by atoms with Crippen LogP contribution in [0.2, 0.25) is 0 Å². The zero-order valence-electron chi connectivity index (χ0n) is 11.3. The van der Waals surface area contributed by atoms with Crippen molar-refractivity contribution in [2.45, 2.75) is 39.5 Å². The fourth-order valence-electron chi connectivity index (χ4n) is 2.54. The van der Waals surface area contributed by atoms with Gasteiger partial charge < -0.3 is 15.4 Å². The lowest BCUT2D eigenvalue weighted by atomic mass is 9.98. The molecule has 18 heavy (non-hydrogen) atoms. The van der Waals surface area contributed by atoms with Crippen LogP contribution in [0.15, 0.2) is 0 Å². The van der Waals surface area contributed by atoms with Crippen LogP contribution in [0.4, 0.5) is 10.8 Å². The average Bonchev–Trinajstić information content (AvgIpc) is 2.62. The fraction of sp³-hybridized carbons (Fsp3) is 0.769. The zero-order chi connectivity index (χ0) is 13.0. The normalized spacial score (nSPS) is 20.8. The second-order valence-corrected chi connectivity index (χ2v) is 5.58. The number of rotatable bonds is 4. The first kappa shape index (κ1) is 13.5. The number of hydrogen-bond acceptors (Lipinski definition) is 5. The summed E-state index contributed by atoms with van der Waals surface area (Å²) in [5.41, 5.74) is 5.87. The summed E-state index contributed by atoms with van der Waals surface area (Å²) in [6.45, 7) is 7.10. The number of anilines is 2. The average molecular weight is 269 g/mol. The first-order valence-corrected chi connectivity index (χ1v) is 7.66. The highest BCUT2D eigenvalue weighted by Crippen LogP contribution is 2.39. The highest BCUT2D eigenvalue weighted by Gasteiger charge is 2.22. The molecule has 2 heterocycles. The molecule has 0 radical (unpaired) electrons. The predicted octanol–water partition coefficient (Wildman–Crippen LogP) is 3.14. The third-order valence-corrected chi connectivity index (χ3v) is 4.56. The van der Waals surface area contributed by atoms with Crippen LogP contribution in [0.25, 0.3) is 0 Å². The SMILES string of the molecule is CCOc1c(N)nsc1N1CCCC(CC)CC1. The summed E-state index contributed by atoms with van der Waals surface area (Å²) in [4.78, 5) is 2.40. The van der Waals surface area contributed by atoms with Crippen molar-refractivity contribution in [3.63, 3.8) is 0 Å². The molecule has 0 bridgehead atoms. The molecule has 1 unspecified atom stereocenters. The van der Waals surface area contributed by atoms with E-state index in [1.165, 1.54) is 37.2 Å². The molecule has 0 aromatic carbocycles. The highest BCUT2D eigenvalue weighted by molar-refractivity contribution is 7.11. The Morgan fingerprint density at radius 2 is 2.22 bits per heavy atom. The minimum atomic E-state index is 0.535. The number of aromatic nitrogens is 1. The van der Waals surface area contributed by atoms with Crippen LogP contribution < -0.4 is 15.4 Å². The Balaban J connectivity index is 2.11. The van der Waals surface area contributed by atoms with E-state index in [4.69, 9.17) is 10.5 Å². The quantitative estimate of drug-likeness (QED) is 0.912. The van der Waals surface area contributed by atoms with Crippen LogP contribution in [-0.2, 0) is 0 Å². The summed E-state index contributed by atoms with van der Waals surface area (Å²) in [6, 6.07) is 0. The molecule has 0 saturated carbocycles. The molecule has 1 aliphatic rings. The van der Waals surface area contributed by atoms with Gasteiger partial charge in [0.25, 0.3) is 0 Å². The van der Waals surface area contributed by atoms with Gasteiger partial charge in [0.1, 0.15) is 0 Å². The summed E-state index contributed by atoms with van der Waals surface area (Å²) in [7, 11) is 0. The highest BCUT2D eigenvalue weighted by atomic mass is 32.1. The number of nitrogens with two attached hydrogens (primary N) is 1. The first-order chi connectivity index (χ1) is 8.76. The van der Waals surface area contributed by atoms with Gasteiger partial charge in [-0.2, -0.15) is 4.37 Å². The van der Waals surface area contributed by atoms with Crippen molar-refractivity contribution in [1.29, 1.82) is 0 Å². The molecule has 1 fully saturated rings. The predicted molar refractivity (Wildman–Crippen MR) is 77.5 cm³/mol. The smallest absolute Gasteiger partial charge is 0.197 e. The summed E-state index contributed by atoms with van der Waals surface area (Å²) in [5, 5.41) is 1.12. The molecule has 1 aliphatic heterocycles. The standard InChI is InChI=1S/C13H23N3OS/c1-3-10-6-5-8-16(9-7-10)13-11(17-4-2)12(14)15-18-13/h10H,3-9H2,1-2H3,(H2,14,15). The van der Waals surface area contributed by atoms with E-state index in [-0.39, 0.29) is 0 Å². The molecule has 0 amide bonds. The van der Waals surface area contributed by atoms with E-state index in [0.717, 1.165) is 29.8 Å². The van der Waals surface area contributed by atoms with E-state index in [9.17, 15) is 0 Å². The maximum absolute atomic E-state index is 5.87. The van der Waals surface area contributed by atoms with Crippen LogP contribution in [0.5, 0.6) is 5.75 Å². The molecule has 5 heteroatoms. The Morgan fingerprint density at radius 3 is 2.94 bits per heavy atom. The molecule has 1 aromatic heterocycles. The molecule has 1 saturated heterocycles. The van der Waals surface area contributed by atoms with Crippen LogP contribution in [0, 0.1) is 5.92 Å². The third-order valence-electron chi connectivity index (χ3n) is 3.66. The summed E-state index contributed by atoms with van der Waals surface area (Å²) in [5.74, 6) is 2.20. The number of nitrogen functional groups attached to an aromatic ring is 1. The summed E-state index contributed by atoms with van der Waals surface area (Å²) >= 11 is 1.47. The topological polar surface area (TPSA) is 51.4 Å². The Bertz CT molecular complexity index is 380. The van der Waals surface area contributed by atoms with Crippen molar-refractivity contribution in [3.05, 3.63) is 0 Å². The van der Waals surface area contributed by atoms with E-state index in [2.05, 4.69) is 16.2 Å². The molecule has 2 N–H and O–H groups in total. The molecule has 1 atom stereocenters. The zero-order valence-corrected chi connectivity index (χ0v) is 12.1. The van der Waals surface area contributed by atoms with Gasteiger partial charge in [0, 0.05) is 13.1 Å². The summed E-state index contributed by atoms with van der Waals surface area (Å²) < 4.78 is 9.87. The molecule has 2 rings (SSSR count). The first-order valence-electron chi connectivity index (χ1n) is 6.89. The van der Waals surface area contributed by atoms with E-state index in [1.807, 2.05) is 6.92 Å². The molecule has 4 nitrogen and oxygen atoms in total. The second kappa shape index (κ2) is 6.27. The molecule has 1 aromatic rings. The Morgan fingerprint density at radius 1 is 1.39 bits per heavy atom. The van der Waals surface area contributed by atoms with E-state index in [1.54, 1.807) is 0 Å². The second-order valence-electron chi connectivity index (χ2n) is 4.83. The van der Waals surface area contributed by atoms with Gasteiger partial charge in [-0.15, -0.1) is 0 Å². The molecule has 0 spiro atoms. The fourth-order valence-corrected chi connectivity index (χ4v) is 3.36. The van der Waals surface area contributed by atoms with Gasteiger partial charge in [-0.25, -0.2) is 0 Å². The Hall–Kier alpha value is -0.970. The van der Waals surface area contributed by atoms with Crippen LogP contribution >= 0.6 is 11.5 Å². The van der Waals surface area contributed by atoms with Crippen molar-refractivity contribution < 1.29 is 4.74 Å². The molecular formula is C13H23N3OS. The van der Waals surface area contributed by atoms with Crippen molar-refractivity contribution in [3.8, 4) is 5.75 Å². The van der Waals surface area contributed by atoms with E-state index < -0.39 is 0 Å². The lowest BCUT2D eigenvalue weighted by Crippen LogP contribution is -2.23. The molecular weight excluding hydrogens is 246 g/mol. The van der Waals surface area contributed by atoms with Gasteiger partial charge >= 0.3 is 0 Å². The van der Waals surface area contributed by atoms with Crippen molar-refractivity contribution in [2.24, 2.45) is 5.92 Å².